The number of hydrogen-bond acceptors (Lipinski definition) is 2. The van der Waals surface area contributed by atoms with Crippen LogP contribution in [0.2, 0.25) is 0 Å². The van der Waals surface area contributed by atoms with Crippen LogP contribution in [0.3, 0.4) is 0 Å². The fourth-order valence-electron chi connectivity index (χ4n) is 1.60. The molecule has 0 aliphatic rings. The number of carbonyl (C=O) groups is 2. The molecule has 20 heavy (non-hydrogen) atoms. The van der Waals surface area contributed by atoms with E-state index in [9.17, 15) is 9.59 Å². The van der Waals surface area contributed by atoms with Crippen molar-refractivity contribution in [1.82, 2.24) is 0 Å². The van der Waals surface area contributed by atoms with Crippen molar-refractivity contribution in [2.75, 3.05) is 0 Å². The second-order valence-electron chi connectivity index (χ2n) is 5.39. The molecule has 0 bridgehead atoms. The second kappa shape index (κ2) is 17.8. The number of unbranched alkanes of at least 4 members (excludes halogenated alkanes) is 3. The van der Waals surface area contributed by atoms with Crippen LogP contribution in [0, 0.1) is 5.92 Å². The Hall–Kier alpha value is -1.18. The van der Waals surface area contributed by atoms with Crippen molar-refractivity contribution in [1.29, 1.82) is 0 Å². The topological polar surface area (TPSA) is 34.1 Å². The van der Waals surface area contributed by atoms with E-state index in [1.54, 1.807) is 0 Å². The van der Waals surface area contributed by atoms with Crippen LogP contribution in [0.5, 0.6) is 0 Å². The van der Waals surface area contributed by atoms with Crippen molar-refractivity contribution in [3.8, 4) is 0 Å². The maximum atomic E-state index is 10.1. The number of carbonyl (C=O) groups excluding carboxylic acids is 2. The molecule has 0 heterocycles. The number of aldehydes is 2. The summed E-state index contributed by atoms with van der Waals surface area (Å²) in [7, 11) is 0. The van der Waals surface area contributed by atoms with Gasteiger partial charge in [0.15, 0.2) is 0 Å². The highest BCUT2D eigenvalue weighted by Crippen LogP contribution is 2.09. The van der Waals surface area contributed by atoms with E-state index in [0.717, 1.165) is 51.1 Å². The molecule has 0 aromatic heterocycles. The Labute approximate surface area is 125 Å². The van der Waals surface area contributed by atoms with E-state index in [0.29, 0.717) is 12.3 Å². The lowest BCUT2D eigenvalue weighted by atomic mass is 10.0. The summed E-state index contributed by atoms with van der Waals surface area (Å²) >= 11 is 0. The van der Waals surface area contributed by atoms with E-state index in [1.165, 1.54) is 5.57 Å². The summed E-state index contributed by atoms with van der Waals surface area (Å²) in [5.74, 6) is 0.545. The van der Waals surface area contributed by atoms with E-state index in [-0.39, 0.29) is 0 Å². The van der Waals surface area contributed by atoms with Crippen LogP contribution in [0.4, 0.5) is 0 Å². The highest BCUT2D eigenvalue weighted by molar-refractivity contribution is 5.49. The first-order valence-corrected chi connectivity index (χ1v) is 7.70. The minimum atomic E-state index is 0.545. The van der Waals surface area contributed by atoms with Gasteiger partial charge >= 0.3 is 0 Å². The van der Waals surface area contributed by atoms with Crippen molar-refractivity contribution in [2.45, 2.75) is 72.6 Å². The zero-order valence-electron chi connectivity index (χ0n) is 13.7. The first-order valence-electron chi connectivity index (χ1n) is 7.70. The van der Waals surface area contributed by atoms with Gasteiger partial charge in [-0.25, -0.2) is 0 Å². The third-order valence-corrected chi connectivity index (χ3v) is 2.89. The summed E-state index contributed by atoms with van der Waals surface area (Å²) in [6.07, 6.45) is 15.3. The standard InChI is InChI=1S/C10H18O.C8H14O/c1-9(2)5-4-6-10(3)7-8-11;1-2-3-4-5-6-7-8-9/h5,8,10H,4,6-7H2,1-3H3;2-3,8H,4-7H2,1H3/b;3-2+. The number of rotatable bonds is 10. The molecular weight excluding hydrogens is 248 g/mol. The van der Waals surface area contributed by atoms with Crippen molar-refractivity contribution >= 4 is 12.6 Å². The monoisotopic (exact) mass is 280 g/mol. The zero-order chi connectivity index (χ0) is 15.6. The minimum absolute atomic E-state index is 0.545. The van der Waals surface area contributed by atoms with Gasteiger partial charge in [0.25, 0.3) is 0 Å². The molecule has 0 aromatic carbocycles. The molecule has 0 saturated carbocycles. The van der Waals surface area contributed by atoms with Gasteiger partial charge in [-0.05, 0) is 58.8 Å². The van der Waals surface area contributed by atoms with Crippen LogP contribution in [-0.4, -0.2) is 12.6 Å². The summed E-state index contributed by atoms with van der Waals surface area (Å²) in [6, 6.07) is 0. The van der Waals surface area contributed by atoms with Gasteiger partial charge in [-0.3, -0.25) is 0 Å². The Bertz CT molecular complexity index is 273. The van der Waals surface area contributed by atoms with Gasteiger partial charge in [-0.1, -0.05) is 30.7 Å². The van der Waals surface area contributed by atoms with Crippen LogP contribution in [0.1, 0.15) is 72.6 Å². The summed E-state index contributed by atoms with van der Waals surface area (Å²) in [5, 5.41) is 0. The van der Waals surface area contributed by atoms with Gasteiger partial charge in [0.1, 0.15) is 12.6 Å². The number of hydrogen-bond donors (Lipinski definition) is 0. The van der Waals surface area contributed by atoms with Crippen molar-refractivity contribution < 1.29 is 9.59 Å². The van der Waals surface area contributed by atoms with Crippen LogP contribution < -0.4 is 0 Å². The fraction of sp³-hybridized carbons (Fsp3) is 0.667. The molecule has 1 unspecified atom stereocenters. The molecule has 0 radical (unpaired) electrons. The Morgan fingerprint density at radius 1 is 1.00 bits per heavy atom. The average Bonchev–Trinajstić information content (AvgIpc) is 2.39. The molecular formula is C18H32O2. The lowest BCUT2D eigenvalue weighted by Crippen LogP contribution is -1.93. The summed E-state index contributed by atoms with van der Waals surface area (Å²) in [5.41, 5.74) is 1.36. The highest BCUT2D eigenvalue weighted by atomic mass is 16.1. The first kappa shape index (κ1) is 21.1. The SMILES string of the molecule is C/C=C/CCCCC=O.CC(C)=CCCC(C)CC=O. The Morgan fingerprint density at radius 3 is 2.15 bits per heavy atom. The van der Waals surface area contributed by atoms with Crippen LogP contribution in [-0.2, 0) is 9.59 Å². The fourth-order valence-corrected chi connectivity index (χ4v) is 1.60. The summed E-state index contributed by atoms with van der Waals surface area (Å²) in [6.45, 7) is 8.34. The van der Waals surface area contributed by atoms with E-state index < -0.39 is 0 Å². The zero-order valence-corrected chi connectivity index (χ0v) is 13.7. The van der Waals surface area contributed by atoms with Crippen molar-refractivity contribution in [3.63, 3.8) is 0 Å². The molecule has 0 rings (SSSR count). The lowest BCUT2D eigenvalue weighted by molar-refractivity contribution is -0.109. The third-order valence-electron chi connectivity index (χ3n) is 2.89. The van der Waals surface area contributed by atoms with Gasteiger partial charge in [-0.15, -0.1) is 0 Å². The molecule has 0 aliphatic carbocycles. The Morgan fingerprint density at radius 2 is 1.65 bits per heavy atom. The second-order valence-corrected chi connectivity index (χ2v) is 5.39. The molecule has 116 valence electrons. The normalized spacial score (nSPS) is 11.4. The van der Waals surface area contributed by atoms with E-state index >= 15 is 0 Å². The smallest absolute Gasteiger partial charge is 0.120 e. The van der Waals surface area contributed by atoms with Crippen LogP contribution in [0.25, 0.3) is 0 Å². The molecule has 0 aromatic rings. The molecule has 0 amide bonds. The van der Waals surface area contributed by atoms with Gasteiger partial charge in [-0.2, -0.15) is 0 Å². The lowest BCUT2D eigenvalue weighted by Gasteiger charge is -2.03. The number of allylic oxidation sites excluding steroid dienone is 4. The largest absolute Gasteiger partial charge is 0.303 e. The molecule has 0 fully saturated rings. The maximum absolute atomic E-state index is 10.1. The Kier molecular flexibility index (Phi) is 18.8. The summed E-state index contributed by atoms with van der Waals surface area (Å²) < 4.78 is 0. The Balaban J connectivity index is 0. The van der Waals surface area contributed by atoms with E-state index in [2.05, 4.69) is 32.9 Å². The van der Waals surface area contributed by atoms with Gasteiger partial charge in [0.05, 0.1) is 0 Å². The first-order chi connectivity index (χ1) is 9.58. The predicted octanol–water partition coefficient (Wildman–Crippen LogP) is 5.28. The summed E-state index contributed by atoms with van der Waals surface area (Å²) in [4.78, 5) is 19.9. The van der Waals surface area contributed by atoms with E-state index in [1.807, 2.05) is 13.0 Å². The van der Waals surface area contributed by atoms with Crippen molar-refractivity contribution in [3.05, 3.63) is 23.8 Å². The third kappa shape index (κ3) is 22.0. The predicted molar refractivity (Wildman–Crippen MR) is 87.9 cm³/mol. The molecule has 1 atom stereocenters. The maximum Gasteiger partial charge on any atom is 0.120 e. The van der Waals surface area contributed by atoms with Gasteiger partial charge in [0.2, 0.25) is 0 Å². The van der Waals surface area contributed by atoms with Gasteiger partial charge in [0, 0.05) is 12.8 Å². The van der Waals surface area contributed by atoms with E-state index in [4.69, 9.17) is 0 Å². The van der Waals surface area contributed by atoms with Gasteiger partial charge < -0.3 is 9.59 Å². The molecule has 0 saturated heterocycles. The molecule has 0 spiro atoms. The molecule has 2 nitrogen and oxygen atoms in total. The minimum Gasteiger partial charge on any atom is -0.303 e. The van der Waals surface area contributed by atoms with Crippen molar-refractivity contribution in [2.24, 2.45) is 5.92 Å². The average molecular weight is 280 g/mol. The van der Waals surface area contributed by atoms with Crippen LogP contribution in [0.15, 0.2) is 23.8 Å². The highest BCUT2D eigenvalue weighted by Gasteiger charge is 1.98. The van der Waals surface area contributed by atoms with Crippen LogP contribution >= 0.6 is 0 Å². The molecule has 0 aliphatic heterocycles. The molecule has 2 heteroatoms. The quantitative estimate of drug-likeness (QED) is 0.310. The molecule has 0 N–H and O–H groups in total.